The lowest BCUT2D eigenvalue weighted by atomic mass is 9.99. The minimum atomic E-state index is -0.806. The van der Waals surface area contributed by atoms with Gasteiger partial charge < -0.3 is 14.6 Å². The number of hydrogen-bond acceptors (Lipinski definition) is 2. The Labute approximate surface area is 170 Å². The number of hydrogen-bond donors (Lipinski definition) is 1. The van der Waals surface area contributed by atoms with Crippen molar-refractivity contribution in [3.05, 3.63) is 71.4 Å². The Morgan fingerprint density at radius 1 is 1.10 bits per heavy atom. The minimum absolute atomic E-state index is 0.0410. The fourth-order valence-electron chi connectivity index (χ4n) is 4.47. The molecule has 1 unspecified atom stereocenters. The Hall–Kier alpha value is -3.08. The average Bonchev–Trinajstić information content (AvgIpc) is 3.05. The van der Waals surface area contributed by atoms with Gasteiger partial charge >= 0.3 is 5.97 Å². The van der Waals surface area contributed by atoms with E-state index in [0.717, 1.165) is 41.4 Å². The molecule has 0 saturated heterocycles. The van der Waals surface area contributed by atoms with E-state index in [1.807, 2.05) is 54.4 Å². The Kier molecular flexibility index (Phi) is 5.38. The number of benzene rings is 2. The normalized spacial score (nSPS) is 15.8. The van der Waals surface area contributed by atoms with E-state index in [4.69, 9.17) is 0 Å². The standard InChI is InChI=1S/C24H26N2O3/c1-25(23(27)14-11-17-7-3-2-4-8-17)18-12-13-22-20(15-24(28)29)19-9-5-6-10-21(19)26(22)16-18/h2-10,18H,11-16H2,1H3,(H,28,29). The zero-order chi connectivity index (χ0) is 20.4. The van der Waals surface area contributed by atoms with Gasteiger partial charge in [0.2, 0.25) is 5.91 Å². The smallest absolute Gasteiger partial charge is 0.307 e. The van der Waals surface area contributed by atoms with Crippen molar-refractivity contribution in [2.45, 2.75) is 44.7 Å². The summed E-state index contributed by atoms with van der Waals surface area (Å²) in [5.41, 5.74) is 4.27. The Balaban J connectivity index is 1.52. The highest BCUT2D eigenvalue weighted by molar-refractivity contribution is 5.89. The molecule has 0 fully saturated rings. The second kappa shape index (κ2) is 8.11. The van der Waals surface area contributed by atoms with Gasteiger partial charge in [-0.15, -0.1) is 0 Å². The zero-order valence-corrected chi connectivity index (χ0v) is 16.7. The van der Waals surface area contributed by atoms with E-state index < -0.39 is 5.97 Å². The van der Waals surface area contributed by atoms with Gasteiger partial charge in [0.1, 0.15) is 0 Å². The minimum Gasteiger partial charge on any atom is -0.481 e. The fourth-order valence-corrected chi connectivity index (χ4v) is 4.47. The molecule has 0 radical (unpaired) electrons. The lowest BCUT2D eigenvalue weighted by molar-refractivity contribution is -0.136. The monoisotopic (exact) mass is 390 g/mol. The lowest BCUT2D eigenvalue weighted by Gasteiger charge is -2.33. The van der Waals surface area contributed by atoms with E-state index in [0.29, 0.717) is 13.0 Å². The number of fused-ring (bicyclic) bond motifs is 3. The summed E-state index contributed by atoms with van der Waals surface area (Å²) in [6.45, 7) is 0.711. The van der Waals surface area contributed by atoms with E-state index in [9.17, 15) is 14.7 Å². The Bertz CT molecular complexity index is 1040. The largest absolute Gasteiger partial charge is 0.481 e. The topological polar surface area (TPSA) is 62.5 Å². The van der Waals surface area contributed by atoms with Gasteiger partial charge in [0.15, 0.2) is 0 Å². The van der Waals surface area contributed by atoms with Gasteiger partial charge in [-0.1, -0.05) is 48.5 Å². The highest BCUT2D eigenvalue weighted by Gasteiger charge is 2.29. The summed E-state index contributed by atoms with van der Waals surface area (Å²) in [4.78, 5) is 26.1. The number of carbonyl (C=O) groups excluding carboxylic acids is 1. The van der Waals surface area contributed by atoms with Crippen LogP contribution in [-0.2, 0) is 35.4 Å². The van der Waals surface area contributed by atoms with Gasteiger partial charge in [-0.3, -0.25) is 9.59 Å². The average molecular weight is 390 g/mol. The Morgan fingerprint density at radius 2 is 1.83 bits per heavy atom. The molecule has 5 nitrogen and oxygen atoms in total. The number of nitrogens with zero attached hydrogens (tertiary/aromatic N) is 2. The first kappa shape index (κ1) is 19.2. The number of carboxylic acid groups (broad SMARTS) is 1. The summed E-state index contributed by atoms with van der Waals surface area (Å²) >= 11 is 0. The van der Waals surface area contributed by atoms with E-state index in [2.05, 4.69) is 16.7 Å². The SMILES string of the molecule is CN(C(=O)CCc1ccccc1)C1CCc2c(CC(=O)O)c3ccccc3n2C1. The van der Waals surface area contributed by atoms with Gasteiger partial charge in [-0.25, -0.2) is 0 Å². The van der Waals surface area contributed by atoms with E-state index in [1.165, 1.54) is 5.56 Å². The van der Waals surface area contributed by atoms with Crippen LogP contribution in [0, 0.1) is 0 Å². The summed E-state index contributed by atoms with van der Waals surface area (Å²) in [5, 5.41) is 10.4. The summed E-state index contributed by atoms with van der Waals surface area (Å²) in [6.07, 6.45) is 2.94. The number of amides is 1. The summed E-state index contributed by atoms with van der Waals surface area (Å²) in [7, 11) is 1.90. The van der Waals surface area contributed by atoms with Crippen molar-refractivity contribution in [3.63, 3.8) is 0 Å². The van der Waals surface area contributed by atoms with Gasteiger partial charge in [0, 0.05) is 42.7 Å². The third-order valence-electron chi connectivity index (χ3n) is 6.04. The number of aromatic nitrogens is 1. The van der Waals surface area contributed by atoms with Crippen molar-refractivity contribution >= 4 is 22.8 Å². The molecule has 150 valence electrons. The van der Waals surface area contributed by atoms with Crippen molar-refractivity contribution in [2.24, 2.45) is 0 Å². The molecule has 29 heavy (non-hydrogen) atoms. The maximum absolute atomic E-state index is 12.8. The number of aliphatic carboxylic acids is 1. The van der Waals surface area contributed by atoms with Gasteiger partial charge in [-0.05, 0) is 36.5 Å². The van der Waals surface area contributed by atoms with Crippen LogP contribution in [0.25, 0.3) is 10.9 Å². The molecule has 1 aliphatic rings. The third kappa shape index (κ3) is 3.90. The predicted octanol–water partition coefficient (Wildman–Crippen LogP) is 3.67. The van der Waals surface area contributed by atoms with E-state index >= 15 is 0 Å². The molecule has 1 amide bonds. The van der Waals surface area contributed by atoms with Crippen LogP contribution in [0.2, 0.25) is 0 Å². The van der Waals surface area contributed by atoms with Crippen molar-refractivity contribution in [1.29, 1.82) is 0 Å². The van der Waals surface area contributed by atoms with Gasteiger partial charge in [-0.2, -0.15) is 0 Å². The molecule has 2 heterocycles. The highest BCUT2D eigenvalue weighted by atomic mass is 16.4. The molecule has 2 aromatic carbocycles. The number of likely N-dealkylation sites (N-methyl/N-ethyl adjacent to an activating group) is 1. The first-order valence-corrected chi connectivity index (χ1v) is 10.1. The summed E-state index contributed by atoms with van der Waals surface area (Å²) < 4.78 is 2.22. The number of carbonyl (C=O) groups is 2. The number of rotatable bonds is 6. The lowest BCUT2D eigenvalue weighted by Crippen LogP contribution is -2.42. The van der Waals surface area contributed by atoms with Crippen LogP contribution in [0.15, 0.2) is 54.6 Å². The fraction of sp³-hybridized carbons (Fsp3) is 0.333. The summed E-state index contributed by atoms with van der Waals surface area (Å²) in [5.74, 6) is -0.649. The molecule has 0 spiro atoms. The molecule has 1 atom stereocenters. The molecule has 0 aliphatic carbocycles. The molecular weight excluding hydrogens is 364 g/mol. The van der Waals surface area contributed by atoms with Gasteiger partial charge in [0.05, 0.1) is 6.42 Å². The highest BCUT2D eigenvalue weighted by Crippen LogP contribution is 2.32. The third-order valence-corrected chi connectivity index (χ3v) is 6.04. The van der Waals surface area contributed by atoms with Crippen LogP contribution in [0.1, 0.15) is 29.7 Å². The molecule has 0 saturated carbocycles. The molecule has 5 heteroatoms. The van der Waals surface area contributed by atoms with Crippen LogP contribution in [-0.4, -0.2) is 39.5 Å². The second-order valence-corrected chi connectivity index (χ2v) is 7.81. The first-order valence-electron chi connectivity index (χ1n) is 10.1. The maximum Gasteiger partial charge on any atom is 0.307 e. The zero-order valence-electron chi connectivity index (χ0n) is 16.7. The van der Waals surface area contributed by atoms with Crippen molar-refractivity contribution in [1.82, 2.24) is 9.47 Å². The number of aryl methyl sites for hydroxylation is 1. The van der Waals surface area contributed by atoms with Crippen LogP contribution in [0.4, 0.5) is 0 Å². The summed E-state index contributed by atoms with van der Waals surface area (Å²) in [6, 6.07) is 18.2. The van der Waals surface area contributed by atoms with Crippen LogP contribution < -0.4 is 0 Å². The molecule has 0 bridgehead atoms. The van der Waals surface area contributed by atoms with Crippen molar-refractivity contribution in [2.75, 3.05) is 7.05 Å². The Morgan fingerprint density at radius 3 is 2.59 bits per heavy atom. The van der Waals surface area contributed by atoms with Crippen LogP contribution in [0.3, 0.4) is 0 Å². The quantitative estimate of drug-likeness (QED) is 0.698. The number of para-hydroxylation sites is 1. The molecule has 1 aromatic heterocycles. The van der Waals surface area contributed by atoms with Crippen LogP contribution in [0.5, 0.6) is 0 Å². The molecule has 1 N–H and O–H groups in total. The molecule has 4 rings (SSSR count). The van der Waals surface area contributed by atoms with Crippen molar-refractivity contribution < 1.29 is 14.7 Å². The maximum atomic E-state index is 12.8. The number of carboxylic acids is 1. The van der Waals surface area contributed by atoms with Crippen molar-refractivity contribution in [3.8, 4) is 0 Å². The van der Waals surface area contributed by atoms with Gasteiger partial charge in [0.25, 0.3) is 0 Å². The van der Waals surface area contributed by atoms with Crippen LogP contribution >= 0.6 is 0 Å². The first-order chi connectivity index (χ1) is 14.0. The predicted molar refractivity (Wildman–Crippen MR) is 113 cm³/mol. The van der Waals surface area contributed by atoms with E-state index in [1.54, 1.807) is 0 Å². The molecule has 1 aliphatic heterocycles. The van der Waals surface area contributed by atoms with E-state index in [-0.39, 0.29) is 18.4 Å². The second-order valence-electron chi connectivity index (χ2n) is 7.81. The molecular formula is C24H26N2O3. The molecule has 3 aromatic rings.